The van der Waals surface area contributed by atoms with Crippen LogP contribution in [-0.2, 0) is 9.47 Å². The molecule has 0 N–H and O–H groups in total. The fraction of sp³-hybridized carbons (Fsp3) is 0.909. The molecule has 1 atom stereocenters. The molecule has 1 radical (unpaired) electrons. The highest BCUT2D eigenvalue weighted by Gasteiger charge is 2.32. The Balaban J connectivity index is 4.20. The Bertz CT molecular complexity index is 130. The van der Waals surface area contributed by atoms with Crippen molar-refractivity contribution in [3.8, 4) is 0 Å². The predicted octanol–water partition coefficient (Wildman–Crippen LogP) is 2.68. The summed E-state index contributed by atoms with van der Waals surface area (Å²) in [7, 11) is 1.76. The van der Waals surface area contributed by atoms with Gasteiger partial charge in [0.15, 0.2) is 0 Å². The van der Waals surface area contributed by atoms with Crippen LogP contribution < -0.4 is 0 Å². The number of ether oxygens (including phenoxy) is 2. The van der Waals surface area contributed by atoms with Gasteiger partial charge >= 0.3 is 0 Å². The summed E-state index contributed by atoms with van der Waals surface area (Å²) < 4.78 is 10.9. The van der Waals surface area contributed by atoms with E-state index >= 15 is 0 Å². The van der Waals surface area contributed by atoms with Crippen molar-refractivity contribution in [3.05, 3.63) is 5.92 Å². The smallest absolute Gasteiger partial charge is 0.0701 e. The Morgan fingerprint density at radius 3 is 2.15 bits per heavy atom. The molecule has 0 bridgehead atoms. The van der Waals surface area contributed by atoms with Crippen molar-refractivity contribution in [1.29, 1.82) is 0 Å². The van der Waals surface area contributed by atoms with Crippen LogP contribution in [-0.4, -0.2) is 26.4 Å². The first-order chi connectivity index (χ1) is 5.95. The Hall–Kier alpha value is -0.0800. The molecule has 0 aliphatic carbocycles. The first-order valence-corrected chi connectivity index (χ1v) is 4.86. The Morgan fingerprint density at radius 1 is 1.31 bits per heavy atom. The number of rotatable bonds is 6. The molecule has 0 aromatic carbocycles. The van der Waals surface area contributed by atoms with Crippen molar-refractivity contribution in [3.63, 3.8) is 0 Å². The molecule has 0 aliphatic rings. The first-order valence-electron chi connectivity index (χ1n) is 4.86. The van der Waals surface area contributed by atoms with E-state index in [1.807, 2.05) is 6.92 Å². The molecule has 0 fully saturated rings. The third-order valence-electron chi connectivity index (χ3n) is 2.15. The Morgan fingerprint density at radius 2 is 1.85 bits per heavy atom. The predicted molar refractivity (Wildman–Crippen MR) is 55.7 cm³/mol. The highest BCUT2D eigenvalue weighted by Crippen LogP contribution is 2.29. The van der Waals surface area contributed by atoms with Gasteiger partial charge in [-0.05, 0) is 12.8 Å². The van der Waals surface area contributed by atoms with E-state index in [1.165, 1.54) is 5.92 Å². The molecule has 0 amide bonds. The van der Waals surface area contributed by atoms with Crippen LogP contribution in [0.4, 0.5) is 0 Å². The minimum Gasteiger partial charge on any atom is -0.381 e. The zero-order chi connectivity index (χ0) is 10.5. The van der Waals surface area contributed by atoms with Crippen LogP contribution in [0, 0.1) is 11.3 Å². The summed E-state index contributed by atoms with van der Waals surface area (Å²) in [4.78, 5) is 0. The molecule has 0 heterocycles. The second-order valence-corrected chi connectivity index (χ2v) is 4.32. The van der Waals surface area contributed by atoms with E-state index in [-0.39, 0.29) is 11.5 Å². The second kappa shape index (κ2) is 5.61. The summed E-state index contributed by atoms with van der Waals surface area (Å²) in [6.45, 7) is 12.1. The minimum atomic E-state index is 0.0591. The molecule has 2 heteroatoms. The third kappa shape index (κ3) is 4.10. The molecule has 0 spiro atoms. The molecule has 1 unspecified atom stereocenters. The topological polar surface area (TPSA) is 18.5 Å². The van der Waals surface area contributed by atoms with Gasteiger partial charge < -0.3 is 9.47 Å². The normalized spacial score (nSPS) is 15.0. The molecular weight excluding hydrogens is 164 g/mol. The van der Waals surface area contributed by atoms with E-state index in [0.29, 0.717) is 0 Å². The van der Waals surface area contributed by atoms with Crippen molar-refractivity contribution in [2.75, 3.05) is 20.3 Å². The Labute approximate surface area is 82.6 Å². The first kappa shape index (κ1) is 12.9. The molecule has 0 aliphatic heterocycles. The molecule has 0 aromatic rings. The summed E-state index contributed by atoms with van der Waals surface area (Å²) in [5.74, 6) is 1.30. The minimum absolute atomic E-state index is 0.0591. The molecular formula is C11H23O2. The lowest BCUT2D eigenvalue weighted by Crippen LogP contribution is -2.38. The van der Waals surface area contributed by atoms with E-state index in [1.54, 1.807) is 7.11 Å². The fourth-order valence-corrected chi connectivity index (χ4v) is 1.78. The summed E-state index contributed by atoms with van der Waals surface area (Å²) in [6.07, 6.45) is 0.180. The van der Waals surface area contributed by atoms with Gasteiger partial charge in [-0.1, -0.05) is 27.7 Å². The molecule has 79 valence electrons. The molecule has 0 saturated carbocycles. The third-order valence-corrected chi connectivity index (χ3v) is 2.15. The molecule has 0 saturated heterocycles. The zero-order valence-corrected chi connectivity index (χ0v) is 9.81. The van der Waals surface area contributed by atoms with Crippen molar-refractivity contribution in [1.82, 2.24) is 0 Å². The SMILES string of the molecule is CCOCC(C)(C)C(OC)[C](C)C. The van der Waals surface area contributed by atoms with E-state index in [2.05, 4.69) is 27.7 Å². The van der Waals surface area contributed by atoms with Crippen LogP contribution in [0.15, 0.2) is 0 Å². The average molecular weight is 187 g/mol. The van der Waals surface area contributed by atoms with Gasteiger partial charge in [-0.3, -0.25) is 0 Å². The maximum absolute atomic E-state index is 5.46. The summed E-state index contributed by atoms with van der Waals surface area (Å²) in [5.41, 5.74) is 0.0591. The highest BCUT2D eigenvalue weighted by atomic mass is 16.5. The summed E-state index contributed by atoms with van der Waals surface area (Å²) in [5, 5.41) is 0. The molecule has 2 nitrogen and oxygen atoms in total. The van der Waals surface area contributed by atoms with Gasteiger partial charge in [0.2, 0.25) is 0 Å². The second-order valence-electron chi connectivity index (χ2n) is 4.32. The van der Waals surface area contributed by atoms with Gasteiger partial charge in [-0.2, -0.15) is 0 Å². The van der Waals surface area contributed by atoms with Crippen molar-refractivity contribution in [2.45, 2.75) is 40.7 Å². The lowest BCUT2D eigenvalue weighted by atomic mass is 9.81. The molecule has 0 rings (SSSR count). The number of methoxy groups -OCH3 is 1. The maximum atomic E-state index is 5.46. The highest BCUT2D eigenvalue weighted by molar-refractivity contribution is 4.97. The standard InChI is InChI=1S/C11H23O2/c1-7-13-8-11(4,5)10(12-6)9(2)3/h10H,7-8H2,1-6H3. The molecule has 13 heavy (non-hydrogen) atoms. The largest absolute Gasteiger partial charge is 0.381 e. The van der Waals surface area contributed by atoms with Crippen LogP contribution >= 0.6 is 0 Å². The van der Waals surface area contributed by atoms with Crippen molar-refractivity contribution < 1.29 is 9.47 Å². The summed E-state index contributed by atoms with van der Waals surface area (Å²) in [6, 6.07) is 0. The van der Waals surface area contributed by atoms with Gasteiger partial charge in [0.1, 0.15) is 0 Å². The number of hydrogen-bond acceptors (Lipinski definition) is 2. The quantitative estimate of drug-likeness (QED) is 0.636. The lowest BCUT2D eigenvalue weighted by Gasteiger charge is -2.35. The van der Waals surface area contributed by atoms with Gasteiger partial charge in [0.25, 0.3) is 0 Å². The maximum Gasteiger partial charge on any atom is 0.0701 e. The molecule has 0 aromatic heterocycles. The van der Waals surface area contributed by atoms with Gasteiger partial charge in [-0.25, -0.2) is 0 Å². The van der Waals surface area contributed by atoms with Crippen molar-refractivity contribution in [2.24, 2.45) is 5.41 Å². The van der Waals surface area contributed by atoms with Crippen LogP contribution in [0.2, 0.25) is 0 Å². The monoisotopic (exact) mass is 187 g/mol. The summed E-state index contributed by atoms with van der Waals surface area (Å²) >= 11 is 0. The zero-order valence-electron chi connectivity index (χ0n) is 9.81. The number of hydrogen-bond donors (Lipinski definition) is 0. The van der Waals surface area contributed by atoms with Gasteiger partial charge in [0, 0.05) is 19.1 Å². The Kier molecular flexibility index (Phi) is 5.57. The lowest BCUT2D eigenvalue weighted by molar-refractivity contribution is -0.0348. The van der Waals surface area contributed by atoms with Gasteiger partial charge in [-0.15, -0.1) is 0 Å². The van der Waals surface area contributed by atoms with E-state index in [9.17, 15) is 0 Å². The van der Waals surface area contributed by atoms with Crippen LogP contribution in [0.3, 0.4) is 0 Å². The van der Waals surface area contributed by atoms with Crippen LogP contribution in [0.5, 0.6) is 0 Å². The average Bonchev–Trinajstić information content (AvgIpc) is 2.01. The van der Waals surface area contributed by atoms with E-state index in [0.717, 1.165) is 13.2 Å². The van der Waals surface area contributed by atoms with E-state index < -0.39 is 0 Å². The van der Waals surface area contributed by atoms with Gasteiger partial charge in [0.05, 0.1) is 12.7 Å². The van der Waals surface area contributed by atoms with Crippen LogP contribution in [0.25, 0.3) is 0 Å². The van der Waals surface area contributed by atoms with E-state index in [4.69, 9.17) is 9.47 Å². The fourth-order valence-electron chi connectivity index (χ4n) is 1.78. The van der Waals surface area contributed by atoms with Crippen molar-refractivity contribution >= 4 is 0 Å². The van der Waals surface area contributed by atoms with Crippen LogP contribution in [0.1, 0.15) is 34.6 Å².